The number of halogens is 1. The van der Waals surface area contributed by atoms with E-state index >= 15 is 0 Å². The first kappa shape index (κ1) is 12.4. The fraction of sp³-hybridized carbons (Fsp3) is 0.250. The Morgan fingerprint density at radius 3 is 2.94 bits per heavy atom. The van der Waals surface area contributed by atoms with Gasteiger partial charge in [0.15, 0.2) is 0 Å². The van der Waals surface area contributed by atoms with Gasteiger partial charge in [-0.1, -0.05) is 23.7 Å². The molecular formula is C12H12ClNO2S. The van der Waals surface area contributed by atoms with Crippen LogP contribution in [0.4, 0.5) is 0 Å². The molecule has 3 nitrogen and oxygen atoms in total. The third kappa shape index (κ3) is 2.77. The van der Waals surface area contributed by atoms with E-state index in [2.05, 4.69) is 4.98 Å². The van der Waals surface area contributed by atoms with Gasteiger partial charge in [-0.05, 0) is 19.1 Å². The summed E-state index contributed by atoms with van der Waals surface area (Å²) in [6.07, 6.45) is 0. The molecule has 0 aliphatic rings. The maximum Gasteiger partial charge on any atom is 0.146 e. The van der Waals surface area contributed by atoms with Crippen molar-refractivity contribution in [3.05, 3.63) is 34.3 Å². The predicted molar refractivity (Wildman–Crippen MR) is 69.7 cm³/mol. The summed E-state index contributed by atoms with van der Waals surface area (Å²) in [6, 6.07) is 7.67. The Kier molecular flexibility index (Phi) is 3.99. The molecule has 0 bridgehead atoms. The monoisotopic (exact) mass is 269 g/mol. The van der Waals surface area contributed by atoms with Gasteiger partial charge in [-0.25, -0.2) is 4.98 Å². The first-order valence-electron chi connectivity index (χ1n) is 5.24. The molecule has 0 atom stereocenters. The number of benzene rings is 1. The van der Waals surface area contributed by atoms with E-state index in [1.807, 2.05) is 31.2 Å². The molecule has 0 radical (unpaired) electrons. The van der Waals surface area contributed by atoms with Gasteiger partial charge in [0.05, 0.1) is 18.1 Å². The number of ether oxygens (including phenoxy) is 1. The van der Waals surface area contributed by atoms with Gasteiger partial charge in [0, 0.05) is 5.56 Å². The third-order valence-electron chi connectivity index (χ3n) is 2.19. The summed E-state index contributed by atoms with van der Waals surface area (Å²) in [6.45, 7) is 2.49. The van der Waals surface area contributed by atoms with Crippen molar-refractivity contribution in [2.24, 2.45) is 0 Å². The zero-order chi connectivity index (χ0) is 12.3. The molecule has 2 rings (SSSR count). The molecule has 17 heavy (non-hydrogen) atoms. The number of aliphatic hydroxyl groups excluding tert-OH is 1. The smallest absolute Gasteiger partial charge is 0.146 e. The van der Waals surface area contributed by atoms with E-state index in [0.717, 1.165) is 16.3 Å². The number of aromatic nitrogens is 1. The molecule has 0 spiro atoms. The summed E-state index contributed by atoms with van der Waals surface area (Å²) in [5, 5.41) is 10.2. The van der Waals surface area contributed by atoms with E-state index in [9.17, 15) is 0 Å². The Balaban J connectivity index is 2.34. The summed E-state index contributed by atoms with van der Waals surface area (Å²) in [4.78, 5) is 4.91. The summed E-state index contributed by atoms with van der Waals surface area (Å²) >= 11 is 7.29. The lowest BCUT2D eigenvalue weighted by atomic mass is 10.2. The molecular weight excluding hydrogens is 258 g/mol. The van der Waals surface area contributed by atoms with E-state index in [0.29, 0.717) is 16.6 Å². The maximum absolute atomic E-state index is 9.08. The van der Waals surface area contributed by atoms with Crippen LogP contribution in [0.15, 0.2) is 24.3 Å². The Morgan fingerprint density at radius 1 is 1.47 bits per heavy atom. The van der Waals surface area contributed by atoms with Crippen molar-refractivity contribution in [3.8, 4) is 16.3 Å². The molecule has 5 heteroatoms. The second-order valence-corrected chi connectivity index (χ2v) is 4.79. The largest absolute Gasteiger partial charge is 0.494 e. The molecule has 1 aromatic heterocycles. The Labute approximate surface area is 109 Å². The number of hydrogen-bond acceptors (Lipinski definition) is 4. The van der Waals surface area contributed by atoms with E-state index in [4.69, 9.17) is 21.4 Å². The Bertz CT molecular complexity index is 513. The molecule has 0 amide bonds. The number of thiazole rings is 1. The van der Waals surface area contributed by atoms with E-state index < -0.39 is 0 Å². The van der Waals surface area contributed by atoms with Gasteiger partial charge in [-0.15, -0.1) is 11.3 Å². The Hall–Kier alpha value is -1.10. The number of rotatable bonds is 4. The van der Waals surface area contributed by atoms with Crippen LogP contribution < -0.4 is 4.74 Å². The molecule has 0 fully saturated rings. The van der Waals surface area contributed by atoms with Crippen molar-refractivity contribution in [1.82, 2.24) is 4.98 Å². The highest BCUT2D eigenvalue weighted by Gasteiger charge is 2.10. The molecule has 0 aliphatic carbocycles. The number of aliphatic hydroxyl groups is 1. The minimum absolute atomic E-state index is 0.0817. The Morgan fingerprint density at radius 2 is 2.29 bits per heavy atom. The van der Waals surface area contributed by atoms with Crippen molar-refractivity contribution >= 4 is 22.9 Å². The summed E-state index contributed by atoms with van der Waals surface area (Å²) in [7, 11) is 0. The van der Waals surface area contributed by atoms with Crippen LogP contribution in [0.5, 0.6) is 5.75 Å². The quantitative estimate of drug-likeness (QED) is 0.925. The summed E-state index contributed by atoms with van der Waals surface area (Å²) in [5.74, 6) is 0.807. The number of hydrogen-bond donors (Lipinski definition) is 1. The van der Waals surface area contributed by atoms with Crippen molar-refractivity contribution in [1.29, 1.82) is 0 Å². The van der Waals surface area contributed by atoms with Gasteiger partial charge < -0.3 is 9.84 Å². The molecule has 0 saturated carbocycles. The third-order valence-corrected chi connectivity index (χ3v) is 3.70. The van der Waals surface area contributed by atoms with Gasteiger partial charge in [-0.2, -0.15) is 0 Å². The van der Waals surface area contributed by atoms with Gasteiger partial charge in [-0.3, -0.25) is 0 Å². The van der Waals surface area contributed by atoms with Crippen LogP contribution >= 0.6 is 22.9 Å². The fourth-order valence-corrected chi connectivity index (χ4v) is 2.56. The van der Waals surface area contributed by atoms with Crippen molar-refractivity contribution in [2.45, 2.75) is 13.5 Å². The standard InChI is InChI=1S/C12H12ClNO2S/c1-2-16-9-5-3-4-8(6-9)12-14-11(13)10(7-15)17-12/h3-6,15H,2,7H2,1H3. The van der Waals surface area contributed by atoms with Gasteiger partial charge >= 0.3 is 0 Å². The van der Waals surface area contributed by atoms with Crippen LogP contribution in [0.25, 0.3) is 10.6 Å². The van der Waals surface area contributed by atoms with Crippen LogP contribution in [-0.4, -0.2) is 16.7 Å². The van der Waals surface area contributed by atoms with Crippen LogP contribution in [0.1, 0.15) is 11.8 Å². The van der Waals surface area contributed by atoms with Gasteiger partial charge in [0.2, 0.25) is 0 Å². The first-order chi connectivity index (χ1) is 8.24. The van der Waals surface area contributed by atoms with Crippen molar-refractivity contribution in [3.63, 3.8) is 0 Å². The fourth-order valence-electron chi connectivity index (χ4n) is 1.44. The van der Waals surface area contributed by atoms with Crippen LogP contribution in [0.3, 0.4) is 0 Å². The maximum atomic E-state index is 9.08. The molecule has 1 aromatic carbocycles. The predicted octanol–water partition coefficient (Wildman–Crippen LogP) is 3.35. The van der Waals surface area contributed by atoms with Crippen molar-refractivity contribution in [2.75, 3.05) is 6.61 Å². The van der Waals surface area contributed by atoms with Gasteiger partial charge in [0.25, 0.3) is 0 Å². The van der Waals surface area contributed by atoms with E-state index in [1.54, 1.807) is 0 Å². The highest BCUT2D eigenvalue weighted by molar-refractivity contribution is 7.15. The van der Waals surface area contributed by atoms with Crippen LogP contribution in [-0.2, 0) is 6.61 Å². The highest BCUT2D eigenvalue weighted by Crippen LogP contribution is 2.32. The summed E-state index contributed by atoms with van der Waals surface area (Å²) < 4.78 is 5.43. The highest BCUT2D eigenvalue weighted by atomic mass is 35.5. The average Bonchev–Trinajstić information content (AvgIpc) is 2.71. The molecule has 2 aromatic rings. The topological polar surface area (TPSA) is 42.4 Å². The first-order valence-corrected chi connectivity index (χ1v) is 6.43. The number of nitrogens with zero attached hydrogens (tertiary/aromatic N) is 1. The molecule has 0 aliphatic heterocycles. The minimum atomic E-state index is -0.0817. The van der Waals surface area contributed by atoms with Gasteiger partial charge in [0.1, 0.15) is 15.9 Å². The lowest BCUT2D eigenvalue weighted by Gasteiger charge is -2.03. The van der Waals surface area contributed by atoms with Crippen LogP contribution in [0.2, 0.25) is 5.15 Å². The molecule has 0 unspecified atom stereocenters. The molecule has 0 saturated heterocycles. The SMILES string of the molecule is CCOc1cccc(-c2nc(Cl)c(CO)s2)c1. The lowest BCUT2D eigenvalue weighted by Crippen LogP contribution is -1.90. The summed E-state index contributed by atoms with van der Waals surface area (Å²) in [5.41, 5.74) is 0.947. The second-order valence-electron chi connectivity index (χ2n) is 3.35. The second kappa shape index (κ2) is 5.49. The molecule has 1 N–H and O–H groups in total. The van der Waals surface area contributed by atoms with Crippen LogP contribution in [0, 0.1) is 0 Å². The van der Waals surface area contributed by atoms with E-state index in [-0.39, 0.29) is 6.61 Å². The minimum Gasteiger partial charge on any atom is -0.494 e. The normalized spacial score (nSPS) is 10.5. The zero-order valence-electron chi connectivity index (χ0n) is 9.31. The van der Waals surface area contributed by atoms with E-state index in [1.165, 1.54) is 11.3 Å². The zero-order valence-corrected chi connectivity index (χ0v) is 10.9. The molecule has 1 heterocycles. The van der Waals surface area contributed by atoms with Crippen molar-refractivity contribution < 1.29 is 9.84 Å². The lowest BCUT2D eigenvalue weighted by molar-refractivity contribution is 0.285. The average molecular weight is 270 g/mol. The molecule has 90 valence electrons.